The van der Waals surface area contributed by atoms with Crippen LogP contribution < -0.4 is 15.4 Å². The number of ether oxygens (including phenoxy) is 1. The van der Waals surface area contributed by atoms with Crippen LogP contribution in [0.4, 0.5) is 10.8 Å². The highest BCUT2D eigenvalue weighted by molar-refractivity contribution is 7.14. The van der Waals surface area contributed by atoms with Crippen molar-refractivity contribution in [1.82, 2.24) is 4.98 Å². The summed E-state index contributed by atoms with van der Waals surface area (Å²) < 4.78 is 5.26. The number of anilines is 2. The Hall–Kier alpha value is -4.75. The van der Waals surface area contributed by atoms with Crippen LogP contribution in [0.5, 0.6) is 5.75 Å². The number of rotatable bonds is 7. The van der Waals surface area contributed by atoms with Crippen LogP contribution in [0.15, 0.2) is 102 Å². The molecule has 4 aromatic carbocycles. The third-order valence-electron chi connectivity index (χ3n) is 9.04. The zero-order valence-electron chi connectivity index (χ0n) is 24.0. The van der Waals surface area contributed by atoms with E-state index in [0.29, 0.717) is 27.8 Å². The van der Waals surface area contributed by atoms with Crippen molar-refractivity contribution in [3.05, 3.63) is 130 Å². The van der Waals surface area contributed by atoms with Gasteiger partial charge in [-0.25, -0.2) is 4.98 Å². The molecule has 1 atom stereocenters. The molecular weight excluding hydrogens is 554 g/mol. The van der Waals surface area contributed by atoms with Crippen molar-refractivity contribution in [1.29, 1.82) is 0 Å². The number of nitrogens with zero attached hydrogens (tertiary/aromatic N) is 1. The molecule has 6 nitrogen and oxygen atoms in total. The molecule has 214 valence electrons. The predicted molar refractivity (Wildman–Crippen MR) is 171 cm³/mol. The summed E-state index contributed by atoms with van der Waals surface area (Å²) in [6, 6.07) is 31.8. The van der Waals surface area contributed by atoms with Crippen LogP contribution >= 0.6 is 11.3 Å². The highest BCUT2D eigenvalue weighted by Crippen LogP contribution is 2.62. The standard InChI is InChI=1S/C36H31N3O3S/c1-3-36(20-30-26-14-4-6-16-28(26)32(36)29-17-7-5-15-27(29)30)34(41)39-35-38-31(21-43-35)22-10-8-11-23(18-22)33(40)37-24-12-9-13-25(19-24)42-2/h4-19,21,30,32H,3,20H2,1-2H3,(H,37,40)(H,38,39,41). The van der Waals surface area contributed by atoms with Gasteiger partial charge in [-0.2, -0.15) is 0 Å². The molecule has 2 amide bonds. The third-order valence-corrected chi connectivity index (χ3v) is 9.80. The molecule has 7 heteroatoms. The van der Waals surface area contributed by atoms with Crippen LogP contribution in [-0.2, 0) is 4.79 Å². The minimum Gasteiger partial charge on any atom is -0.497 e. The van der Waals surface area contributed by atoms with E-state index in [-0.39, 0.29) is 23.7 Å². The molecule has 1 unspecified atom stereocenters. The van der Waals surface area contributed by atoms with E-state index in [1.54, 1.807) is 19.2 Å². The largest absolute Gasteiger partial charge is 0.497 e. The van der Waals surface area contributed by atoms with Gasteiger partial charge in [-0.1, -0.05) is 73.7 Å². The van der Waals surface area contributed by atoms with Gasteiger partial charge in [0, 0.05) is 40.1 Å². The zero-order chi connectivity index (χ0) is 29.6. The average molecular weight is 586 g/mol. The fourth-order valence-corrected chi connectivity index (χ4v) is 7.67. The number of carbonyl (C=O) groups is 2. The highest BCUT2D eigenvalue weighted by Gasteiger charge is 2.55. The van der Waals surface area contributed by atoms with Crippen molar-refractivity contribution >= 4 is 34.0 Å². The lowest BCUT2D eigenvalue weighted by atomic mass is 9.51. The number of aromatic nitrogens is 1. The quantitative estimate of drug-likeness (QED) is 0.202. The van der Waals surface area contributed by atoms with Crippen LogP contribution in [0.3, 0.4) is 0 Å². The second-order valence-corrected chi connectivity index (χ2v) is 12.1. The van der Waals surface area contributed by atoms with Gasteiger partial charge in [0.1, 0.15) is 5.75 Å². The Morgan fingerprint density at radius 2 is 1.58 bits per heavy atom. The Labute approximate surface area is 254 Å². The topological polar surface area (TPSA) is 80.3 Å². The summed E-state index contributed by atoms with van der Waals surface area (Å²) in [5, 5.41) is 8.60. The van der Waals surface area contributed by atoms with Crippen LogP contribution in [0, 0.1) is 5.41 Å². The lowest BCUT2D eigenvalue weighted by Gasteiger charge is -2.52. The first-order valence-electron chi connectivity index (χ1n) is 14.5. The normalized spacial score (nSPS) is 19.7. The molecule has 8 rings (SSSR count). The summed E-state index contributed by atoms with van der Waals surface area (Å²) in [6.45, 7) is 2.13. The van der Waals surface area contributed by atoms with E-state index < -0.39 is 5.41 Å². The lowest BCUT2D eigenvalue weighted by Crippen LogP contribution is -2.48. The second kappa shape index (κ2) is 10.8. The third kappa shape index (κ3) is 4.61. The summed E-state index contributed by atoms with van der Waals surface area (Å²) >= 11 is 1.40. The number of nitrogens with one attached hydrogen (secondary N) is 2. The Balaban J connectivity index is 1.13. The van der Waals surface area contributed by atoms with E-state index in [0.717, 1.165) is 18.4 Å². The summed E-state index contributed by atoms with van der Waals surface area (Å²) in [4.78, 5) is 32.0. The van der Waals surface area contributed by atoms with Crippen molar-refractivity contribution < 1.29 is 14.3 Å². The minimum absolute atomic E-state index is 0.00545. The summed E-state index contributed by atoms with van der Waals surface area (Å²) in [7, 11) is 1.59. The Morgan fingerprint density at radius 1 is 0.884 bits per heavy atom. The van der Waals surface area contributed by atoms with E-state index >= 15 is 0 Å². The van der Waals surface area contributed by atoms with E-state index in [2.05, 4.69) is 66.1 Å². The maximum Gasteiger partial charge on any atom is 0.255 e. The van der Waals surface area contributed by atoms with E-state index in [1.165, 1.54) is 33.6 Å². The van der Waals surface area contributed by atoms with Crippen LogP contribution in [0.2, 0.25) is 0 Å². The van der Waals surface area contributed by atoms with Gasteiger partial charge in [-0.15, -0.1) is 11.3 Å². The Bertz CT molecular complexity index is 1820. The van der Waals surface area contributed by atoms with Gasteiger partial charge < -0.3 is 15.4 Å². The molecule has 0 saturated heterocycles. The number of methoxy groups -OCH3 is 1. The Kier molecular flexibility index (Phi) is 6.82. The number of benzene rings is 4. The van der Waals surface area contributed by atoms with Gasteiger partial charge in [-0.05, 0) is 59.4 Å². The average Bonchev–Trinajstić information content (AvgIpc) is 3.53. The molecule has 3 aliphatic rings. The molecule has 0 fully saturated rings. The number of hydrogen-bond donors (Lipinski definition) is 2. The molecule has 1 heterocycles. The molecule has 0 spiro atoms. The van der Waals surface area contributed by atoms with Gasteiger partial charge >= 0.3 is 0 Å². The van der Waals surface area contributed by atoms with Gasteiger partial charge in [0.25, 0.3) is 5.91 Å². The second-order valence-electron chi connectivity index (χ2n) is 11.2. The number of carbonyl (C=O) groups excluding carboxylic acids is 2. The number of thiazole rings is 1. The molecule has 43 heavy (non-hydrogen) atoms. The lowest BCUT2D eigenvalue weighted by molar-refractivity contribution is -0.128. The predicted octanol–water partition coefficient (Wildman–Crippen LogP) is 8.09. The van der Waals surface area contributed by atoms with E-state index in [4.69, 9.17) is 9.72 Å². The van der Waals surface area contributed by atoms with E-state index in [1.807, 2.05) is 41.8 Å². The first-order valence-corrected chi connectivity index (χ1v) is 15.4. The van der Waals surface area contributed by atoms with Crippen LogP contribution in [-0.4, -0.2) is 23.9 Å². The summed E-state index contributed by atoms with van der Waals surface area (Å²) in [5.41, 5.74) is 7.32. The highest BCUT2D eigenvalue weighted by atomic mass is 32.1. The molecule has 2 N–H and O–H groups in total. The smallest absolute Gasteiger partial charge is 0.255 e. The minimum atomic E-state index is -0.572. The number of fused-ring (bicyclic) bond motifs is 1. The van der Waals surface area contributed by atoms with Gasteiger partial charge in [0.05, 0.1) is 18.2 Å². The van der Waals surface area contributed by atoms with Crippen molar-refractivity contribution in [3.8, 4) is 17.0 Å². The fraction of sp³-hybridized carbons (Fsp3) is 0.194. The van der Waals surface area contributed by atoms with Crippen molar-refractivity contribution in [3.63, 3.8) is 0 Å². The van der Waals surface area contributed by atoms with Gasteiger partial charge in [-0.3, -0.25) is 9.59 Å². The van der Waals surface area contributed by atoms with Crippen LogP contribution in [0.25, 0.3) is 11.3 Å². The molecule has 0 saturated carbocycles. The first kappa shape index (κ1) is 27.1. The molecular formula is C36H31N3O3S. The molecule has 3 aliphatic carbocycles. The van der Waals surface area contributed by atoms with Gasteiger partial charge in [0.15, 0.2) is 5.13 Å². The molecule has 0 radical (unpaired) electrons. The van der Waals surface area contributed by atoms with Crippen molar-refractivity contribution in [2.45, 2.75) is 31.6 Å². The monoisotopic (exact) mass is 585 g/mol. The summed E-state index contributed by atoms with van der Waals surface area (Å²) in [5.74, 6) is 0.649. The molecule has 2 bridgehead atoms. The zero-order valence-corrected chi connectivity index (χ0v) is 24.8. The molecule has 0 aliphatic heterocycles. The first-order chi connectivity index (χ1) is 21.0. The van der Waals surface area contributed by atoms with Gasteiger partial charge in [0.2, 0.25) is 5.91 Å². The maximum atomic E-state index is 14.2. The molecule has 5 aromatic rings. The van der Waals surface area contributed by atoms with E-state index in [9.17, 15) is 9.59 Å². The van der Waals surface area contributed by atoms with Crippen molar-refractivity contribution in [2.24, 2.45) is 5.41 Å². The SMILES string of the molecule is CCC1(C(=O)Nc2nc(-c3cccc(C(=O)Nc4cccc(OC)c4)c3)cs2)CC2c3ccccc3C1c1ccccc12. The fourth-order valence-electron chi connectivity index (χ4n) is 6.96. The number of amides is 2. The van der Waals surface area contributed by atoms with Crippen molar-refractivity contribution in [2.75, 3.05) is 17.7 Å². The summed E-state index contributed by atoms with van der Waals surface area (Å²) in [6.07, 6.45) is 1.50. The number of hydrogen-bond acceptors (Lipinski definition) is 5. The molecule has 1 aromatic heterocycles. The Morgan fingerprint density at radius 3 is 2.28 bits per heavy atom. The van der Waals surface area contributed by atoms with Crippen LogP contribution in [0.1, 0.15) is 64.2 Å². The maximum absolute atomic E-state index is 14.2.